The van der Waals surface area contributed by atoms with E-state index in [1.807, 2.05) is 0 Å². The van der Waals surface area contributed by atoms with Crippen LogP contribution in [0, 0.1) is 0 Å². The summed E-state index contributed by atoms with van der Waals surface area (Å²) in [6.07, 6.45) is 2.82. The maximum Gasteiger partial charge on any atom is 0.325 e. The molecule has 0 saturated heterocycles. The molecule has 0 fully saturated rings. The molecule has 0 bridgehead atoms. The number of carboxylic acid groups (broad SMARTS) is 1. The van der Waals surface area contributed by atoms with Crippen LogP contribution in [0.15, 0.2) is 35.1 Å². The molecule has 2 rings (SSSR count). The first-order valence-electron chi connectivity index (χ1n) is 5.46. The van der Waals surface area contributed by atoms with Crippen LogP contribution in [0.3, 0.4) is 0 Å². The Hall–Kier alpha value is -1.86. The van der Waals surface area contributed by atoms with Gasteiger partial charge in [0.1, 0.15) is 6.54 Å². The lowest BCUT2D eigenvalue weighted by atomic mass is 10.2. The number of hydrogen-bond acceptors (Lipinski definition) is 3. The van der Waals surface area contributed by atoms with Gasteiger partial charge in [0.15, 0.2) is 0 Å². The molecule has 20 heavy (non-hydrogen) atoms. The van der Waals surface area contributed by atoms with Crippen molar-refractivity contribution in [1.29, 1.82) is 0 Å². The number of carbonyl (C=O) groups is 2. The molecule has 1 amide bonds. The maximum absolute atomic E-state index is 12.0. The van der Waals surface area contributed by atoms with E-state index >= 15 is 0 Å². The summed E-state index contributed by atoms with van der Waals surface area (Å²) in [6.45, 7) is -0.263. The highest BCUT2D eigenvalue weighted by Gasteiger charge is 2.12. The lowest BCUT2D eigenvalue weighted by molar-refractivity contribution is -0.137. The molecular weight excluding hydrogens is 350 g/mol. The Labute approximate surface area is 127 Å². The van der Waals surface area contributed by atoms with E-state index in [4.69, 9.17) is 16.7 Å². The third-order valence-corrected chi connectivity index (χ3v) is 3.26. The average Bonchev–Trinajstić information content (AvgIpc) is 2.75. The fourth-order valence-corrected chi connectivity index (χ4v) is 2.39. The van der Waals surface area contributed by atoms with Crippen LogP contribution in [0.2, 0.25) is 5.02 Å². The molecule has 1 aromatic heterocycles. The smallest absolute Gasteiger partial charge is 0.325 e. The lowest BCUT2D eigenvalue weighted by Gasteiger charge is -2.05. The first-order chi connectivity index (χ1) is 9.45. The second-order valence-electron chi connectivity index (χ2n) is 3.90. The summed E-state index contributed by atoms with van der Waals surface area (Å²) in [4.78, 5) is 22.6. The van der Waals surface area contributed by atoms with E-state index in [1.165, 1.54) is 17.1 Å². The number of benzene rings is 1. The van der Waals surface area contributed by atoms with Gasteiger partial charge in [-0.15, -0.1) is 0 Å². The molecule has 1 aromatic carbocycles. The summed E-state index contributed by atoms with van der Waals surface area (Å²) in [6, 6.07) is 4.81. The first kappa shape index (κ1) is 14.5. The van der Waals surface area contributed by atoms with Crippen molar-refractivity contribution in [3.8, 4) is 0 Å². The van der Waals surface area contributed by atoms with Crippen LogP contribution in [0.5, 0.6) is 0 Å². The van der Waals surface area contributed by atoms with Crippen molar-refractivity contribution < 1.29 is 14.7 Å². The number of halogens is 2. The summed E-state index contributed by atoms with van der Waals surface area (Å²) in [7, 11) is 0. The number of amides is 1. The zero-order valence-electron chi connectivity index (χ0n) is 10.0. The van der Waals surface area contributed by atoms with E-state index in [-0.39, 0.29) is 12.5 Å². The van der Waals surface area contributed by atoms with Crippen LogP contribution < -0.4 is 5.32 Å². The number of rotatable bonds is 4. The highest BCUT2D eigenvalue weighted by molar-refractivity contribution is 9.10. The largest absolute Gasteiger partial charge is 0.480 e. The maximum atomic E-state index is 12.0. The third kappa shape index (κ3) is 3.58. The number of nitrogens with zero attached hydrogens (tertiary/aromatic N) is 2. The topological polar surface area (TPSA) is 84.2 Å². The lowest BCUT2D eigenvalue weighted by Crippen LogP contribution is -2.12. The van der Waals surface area contributed by atoms with Crippen LogP contribution in [0.25, 0.3) is 0 Å². The summed E-state index contributed by atoms with van der Waals surface area (Å²) in [5.41, 5.74) is 0.832. The molecule has 0 unspecified atom stereocenters. The fraction of sp³-hybridized carbons (Fsp3) is 0.0833. The normalized spacial score (nSPS) is 10.3. The van der Waals surface area contributed by atoms with Gasteiger partial charge < -0.3 is 10.4 Å². The van der Waals surface area contributed by atoms with Gasteiger partial charge in [-0.3, -0.25) is 14.3 Å². The number of anilines is 1. The molecule has 2 aromatic rings. The van der Waals surface area contributed by atoms with Crippen LogP contribution in [-0.4, -0.2) is 26.8 Å². The van der Waals surface area contributed by atoms with Crippen molar-refractivity contribution in [1.82, 2.24) is 9.78 Å². The van der Waals surface area contributed by atoms with Crippen LogP contribution in [0.4, 0.5) is 5.69 Å². The van der Waals surface area contributed by atoms with Gasteiger partial charge in [-0.2, -0.15) is 5.10 Å². The molecule has 0 aliphatic heterocycles. The van der Waals surface area contributed by atoms with Crippen LogP contribution >= 0.6 is 27.5 Å². The third-order valence-electron chi connectivity index (χ3n) is 2.36. The van der Waals surface area contributed by atoms with Gasteiger partial charge in [0.2, 0.25) is 0 Å². The molecule has 2 N–H and O–H groups in total. The average molecular weight is 359 g/mol. The fourth-order valence-electron chi connectivity index (χ4n) is 1.53. The van der Waals surface area contributed by atoms with E-state index in [0.29, 0.717) is 20.7 Å². The van der Waals surface area contributed by atoms with Crippen molar-refractivity contribution in [2.75, 3.05) is 5.32 Å². The molecule has 0 radical (unpaired) electrons. The van der Waals surface area contributed by atoms with E-state index < -0.39 is 5.97 Å². The molecular formula is C12H9BrClN3O3. The zero-order valence-corrected chi connectivity index (χ0v) is 12.3. The van der Waals surface area contributed by atoms with Crippen LogP contribution in [-0.2, 0) is 11.3 Å². The van der Waals surface area contributed by atoms with E-state index in [9.17, 15) is 9.59 Å². The number of aromatic nitrogens is 2. The molecule has 0 atom stereocenters. The second-order valence-corrected chi connectivity index (χ2v) is 5.19. The Morgan fingerprint density at radius 1 is 1.45 bits per heavy atom. The molecule has 1 heterocycles. The zero-order chi connectivity index (χ0) is 14.7. The standard InChI is InChI=1S/C12H9BrClN3O3/c13-10-3-7(14)1-2-9(10)12(20)16-8-4-15-17(5-8)6-11(18)19/h1-5H,6H2,(H,16,20)(H,18,19). The van der Waals surface area contributed by atoms with Gasteiger partial charge >= 0.3 is 5.97 Å². The van der Waals surface area contributed by atoms with E-state index in [0.717, 1.165) is 0 Å². The SMILES string of the molecule is O=C(O)Cn1cc(NC(=O)c2ccc(Cl)cc2Br)cn1. The van der Waals surface area contributed by atoms with Crippen molar-refractivity contribution in [2.45, 2.75) is 6.54 Å². The Morgan fingerprint density at radius 2 is 2.20 bits per heavy atom. The minimum absolute atomic E-state index is 0.263. The van der Waals surface area contributed by atoms with Crippen LogP contribution in [0.1, 0.15) is 10.4 Å². The molecule has 0 spiro atoms. The molecule has 104 valence electrons. The number of carboxylic acids is 1. The van der Waals surface area contributed by atoms with Crippen molar-refractivity contribution in [3.63, 3.8) is 0 Å². The van der Waals surface area contributed by atoms with Gasteiger partial charge in [0.05, 0.1) is 17.4 Å². The van der Waals surface area contributed by atoms with Crippen molar-refractivity contribution in [2.24, 2.45) is 0 Å². The summed E-state index contributed by atoms with van der Waals surface area (Å²) < 4.78 is 1.79. The second kappa shape index (κ2) is 6.06. The highest BCUT2D eigenvalue weighted by atomic mass is 79.9. The molecule has 8 heteroatoms. The molecule has 0 saturated carbocycles. The first-order valence-corrected chi connectivity index (χ1v) is 6.63. The molecule has 0 aliphatic carbocycles. The highest BCUT2D eigenvalue weighted by Crippen LogP contribution is 2.22. The Bertz CT molecular complexity index is 672. The molecule has 6 nitrogen and oxygen atoms in total. The van der Waals surface area contributed by atoms with Gasteiger partial charge in [-0.25, -0.2) is 0 Å². The quantitative estimate of drug-likeness (QED) is 0.880. The van der Waals surface area contributed by atoms with E-state index in [1.54, 1.807) is 18.2 Å². The predicted octanol–water partition coefficient (Wildman–Crippen LogP) is 2.64. The number of carbonyl (C=O) groups excluding carboxylic acids is 1. The number of hydrogen-bond donors (Lipinski definition) is 2. The van der Waals surface area contributed by atoms with Crippen molar-refractivity contribution >= 4 is 45.1 Å². The Kier molecular flexibility index (Phi) is 4.41. The summed E-state index contributed by atoms with van der Waals surface area (Å²) in [5, 5.41) is 15.6. The summed E-state index contributed by atoms with van der Waals surface area (Å²) >= 11 is 9.06. The summed E-state index contributed by atoms with van der Waals surface area (Å²) in [5.74, 6) is -1.35. The van der Waals surface area contributed by atoms with Gasteiger partial charge in [0.25, 0.3) is 5.91 Å². The molecule has 0 aliphatic rings. The number of nitrogens with one attached hydrogen (secondary N) is 1. The van der Waals surface area contributed by atoms with Gasteiger partial charge in [-0.05, 0) is 34.1 Å². The predicted molar refractivity (Wildman–Crippen MR) is 77.0 cm³/mol. The monoisotopic (exact) mass is 357 g/mol. The minimum atomic E-state index is -1.01. The minimum Gasteiger partial charge on any atom is -0.480 e. The van der Waals surface area contributed by atoms with Crippen molar-refractivity contribution in [3.05, 3.63) is 45.7 Å². The number of aliphatic carboxylic acids is 1. The van der Waals surface area contributed by atoms with Gasteiger partial charge in [0, 0.05) is 15.7 Å². The van der Waals surface area contributed by atoms with E-state index in [2.05, 4.69) is 26.3 Å². The Morgan fingerprint density at radius 3 is 2.85 bits per heavy atom. The van der Waals surface area contributed by atoms with Gasteiger partial charge in [-0.1, -0.05) is 11.6 Å². The Balaban J connectivity index is 2.11.